The quantitative estimate of drug-likeness (QED) is 0.465. The number of nitrogens with one attached hydrogen (secondary N) is 1. The van der Waals surface area contributed by atoms with E-state index in [1.807, 2.05) is 50.5 Å². The fraction of sp³-hybridized carbons (Fsp3) is 0.261. The van der Waals surface area contributed by atoms with Gasteiger partial charge in [-0.15, -0.1) is 0 Å². The van der Waals surface area contributed by atoms with E-state index >= 15 is 0 Å². The third-order valence-corrected chi connectivity index (χ3v) is 4.99. The van der Waals surface area contributed by atoms with Crippen LogP contribution in [0.25, 0.3) is 0 Å². The molecule has 3 aromatic rings. The van der Waals surface area contributed by atoms with Crippen LogP contribution in [0.3, 0.4) is 0 Å². The van der Waals surface area contributed by atoms with Gasteiger partial charge in [0.15, 0.2) is 5.76 Å². The summed E-state index contributed by atoms with van der Waals surface area (Å²) in [6.45, 7) is 1.03. The van der Waals surface area contributed by atoms with E-state index in [1.165, 1.54) is 0 Å². The fourth-order valence-corrected chi connectivity index (χ4v) is 3.23. The standard InChI is InChI=1S/C23H24Cl2N2O3/c1-27(2)13-12-21(16-6-8-17(24)9-7-16)26-23(28)22-11-10-20(30-22)15-29-19-5-3-4-18(25)14-19/h3-11,14,21H,12-13,15H2,1-2H3,(H,26,28). The van der Waals surface area contributed by atoms with Crippen LogP contribution in [-0.2, 0) is 6.61 Å². The average Bonchev–Trinajstić information content (AvgIpc) is 3.19. The zero-order chi connectivity index (χ0) is 21.5. The number of hydrogen-bond acceptors (Lipinski definition) is 4. The molecule has 0 aliphatic rings. The summed E-state index contributed by atoms with van der Waals surface area (Å²) in [5.74, 6) is 1.15. The van der Waals surface area contributed by atoms with E-state index in [9.17, 15) is 4.79 Å². The van der Waals surface area contributed by atoms with E-state index in [2.05, 4.69) is 10.2 Å². The van der Waals surface area contributed by atoms with E-state index < -0.39 is 0 Å². The first kappa shape index (κ1) is 22.2. The molecule has 1 heterocycles. The van der Waals surface area contributed by atoms with Crippen molar-refractivity contribution in [3.63, 3.8) is 0 Å². The topological polar surface area (TPSA) is 54.7 Å². The van der Waals surface area contributed by atoms with Gasteiger partial charge in [-0.05, 0) is 75.1 Å². The number of hydrogen-bond donors (Lipinski definition) is 1. The molecule has 158 valence electrons. The molecule has 1 amide bonds. The molecule has 0 spiro atoms. The third-order valence-electron chi connectivity index (χ3n) is 4.51. The smallest absolute Gasteiger partial charge is 0.287 e. The number of carbonyl (C=O) groups is 1. The Bertz CT molecular complexity index is 971. The zero-order valence-corrected chi connectivity index (χ0v) is 18.4. The summed E-state index contributed by atoms with van der Waals surface area (Å²) in [7, 11) is 4.00. The minimum Gasteiger partial charge on any atom is -0.486 e. The summed E-state index contributed by atoms with van der Waals surface area (Å²) in [5, 5.41) is 4.31. The van der Waals surface area contributed by atoms with Gasteiger partial charge < -0.3 is 19.4 Å². The number of furan rings is 1. The Morgan fingerprint density at radius 3 is 2.53 bits per heavy atom. The minimum atomic E-state index is -0.275. The molecule has 2 aromatic carbocycles. The van der Waals surface area contributed by atoms with Gasteiger partial charge in [0, 0.05) is 10.0 Å². The maximum absolute atomic E-state index is 12.8. The molecule has 0 saturated heterocycles. The first-order valence-electron chi connectivity index (χ1n) is 9.59. The second kappa shape index (κ2) is 10.5. The van der Waals surface area contributed by atoms with E-state index in [4.69, 9.17) is 32.4 Å². The predicted octanol–water partition coefficient (Wildman–Crippen LogP) is 5.59. The summed E-state index contributed by atoms with van der Waals surface area (Å²) in [6.07, 6.45) is 0.756. The molecule has 1 N–H and O–H groups in total. The summed E-state index contributed by atoms with van der Waals surface area (Å²) in [6, 6.07) is 17.8. The second-order valence-corrected chi connectivity index (χ2v) is 8.05. The molecule has 0 fully saturated rings. The Balaban J connectivity index is 1.64. The molecule has 5 nitrogen and oxygen atoms in total. The molecule has 0 radical (unpaired) electrons. The van der Waals surface area contributed by atoms with Crippen molar-refractivity contribution in [1.82, 2.24) is 10.2 Å². The lowest BCUT2D eigenvalue weighted by atomic mass is 10.0. The summed E-state index contributed by atoms with van der Waals surface area (Å²) < 4.78 is 11.3. The number of nitrogens with zero attached hydrogens (tertiary/aromatic N) is 1. The molecule has 7 heteroatoms. The van der Waals surface area contributed by atoms with E-state index in [1.54, 1.807) is 24.3 Å². The van der Waals surface area contributed by atoms with Crippen molar-refractivity contribution < 1.29 is 13.9 Å². The predicted molar refractivity (Wildman–Crippen MR) is 119 cm³/mol. The highest BCUT2D eigenvalue weighted by Crippen LogP contribution is 2.22. The fourth-order valence-electron chi connectivity index (χ4n) is 2.92. The summed E-state index contributed by atoms with van der Waals surface area (Å²) in [5.41, 5.74) is 0.991. The lowest BCUT2D eigenvalue weighted by Gasteiger charge is -2.21. The number of ether oxygens (including phenoxy) is 1. The largest absolute Gasteiger partial charge is 0.486 e. The zero-order valence-electron chi connectivity index (χ0n) is 16.9. The molecule has 0 aliphatic carbocycles. The van der Waals surface area contributed by atoms with Crippen LogP contribution in [0.1, 0.15) is 34.3 Å². The maximum Gasteiger partial charge on any atom is 0.287 e. The molecule has 1 atom stereocenters. The molecule has 30 heavy (non-hydrogen) atoms. The van der Waals surface area contributed by atoms with Gasteiger partial charge in [0.05, 0.1) is 6.04 Å². The van der Waals surface area contributed by atoms with Crippen molar-refractivity contribution in [3.8, 4) is 5.75 Å². The second-order valence-electron chi connectivity index (χ2n) is 7.18. The SMILES string of the molecule is CN(C)CCC(NC(=O)c1ccc(COc2cccc(Cl)c2)o1)c1ccc(Cl)cc1. The Labute approximate surface area is 186 Å². The highest BCUT2D eigenvalue weighted by Gasteiger charge is 2.19. The van der Waals surface area contributed by atoms with Gasteiger partial charge in [-0.2, -0.15) is 0 Å². The van der Waals surface area contributed by atoms with Gasteiger partial charge in [-0.25, -0.2) is 0 Å². The molecular formula is C23H24Cl2N2O3. The van der Waals surface area contributed by atoms with Gasteiger partial charge in [0.2, 0.25) is 0 Å². The Hall–Kier alpha value is -2.47. The van der Waals surface area contributed by atoms with Crippen molar-refractivity contribution in [2.75, 3.05) is 20.6 Å². The van der Waals surface area contributed by atoms with Gasteiger partial charge in [-0.1, -0.05) is 41.4 Å². The van der Waals surface area contributed by atoms with Gasteiger partial charge in [-0.3, -0.25) is 4.79 Å². The highest BCUT2D eigenvalue weighted by atomic mass is 35.5. The van der Waals surface area contributed by atoms with Crippen LogP contribution in [0.2, 0.25) is 10.0 Å². The first-order valence-corrected chi connectivity index (χ1v) is 10.3. The number of benzene rings is 2. The van der Waals surface area contributed by atoms with Gasteiger partial charge in [0.25, 0.3) is 5.91 Å². The molecule has 1 unspecified atom stereocenters. The molecule has 0 bridgehead atoms. The van der Waals surface area contributed by atoms with Gasteiger partial charge >= 0.3 is 0 Å². The lowest BCUT2D eigenvalue weighted by molar-refractivity contribution is 0.0900. The Morgan fingerprint density at radius 2 is 1.83 bits per heavy atom. The van der Waals surface area contributed by atoms with Crippen LogP contribution >= 0.6 is 23.2 Å². The van der Waals surface area contributed by atoms with Crippen molar-refractivity contribution in [2.45, 2.75) is 19.1 Å². The minimum absolute atomic E-state index is 0.159. The van der Waals surface area contributed by atoms with E-state index in [-0.39, 0.29) is 24.3 Å². The maximum atomic E-state index is 12.8. The average molecular weight is 447 g/mol. The molecule has 0 saturated carbocycles. The van der Waals surface area contributed by atoms with Crippen molar-refractivity contribution in [1.29, 1.82) is 0 Å². The Kier molecular flexibility index (Phi) is 7.80. The number of carbonyl (C=O) groups excluding carboxylic acids is 1. The number of halogens is 2. The highest BCUT2D eigenvalue weighted by molar-refractivity contribution is 6.30. The van der Waals surface area contributed by atoms with Crippen molar-refractivity contribution in [2.24, 2.45) is 0 Å². The van der Waals surface area contributed by atoms with E-state index in [0.29, 0.717) is 21.6 Å². The Morgan fingerprint density at radius 1 is 1.07 bits per heavy atom. The number of rotatable bonds is 9. The van der Waals surface area contributed by atoms with Crippen molar-refractivity contribution >= 4 is 29.1 Å². The summed E-state index contributed by atoms with van der Waals surface area (Å²) in [4.78, 5) is 14.8. The number of amides is 1. The van der Waals surface area contributed by atoms with Crippen LogP contribution < -0.4 is 10.1 Å². The van der Waals surface area contributed by atoms with Crippen LogP contribution in [0.5, 0.6) is 5.75 Å². The van der Waals surface area contributed by atoms with E-state index in [0.717, 1.165) is 18.5 Å². The molecule has 3 rings (SSSR count). The van der Waals surface area contributed by atoms with Crippen LogP contribution in [0, 0.1) is 0 Å². The monoisotopic (exact) mass is 446 g/mol. The summed E-state index contributed by atoms with van der Waals surface area (Å²) >= 11 is 12.0. The van der Waals surface area contributed by atoms with Crippen LogP contribution in [0.15, 0.2) is 65.1 Å². The third kappa shape index (κ3) is 6.52. The van der Waals surface area contributed by atoms with Crippen LogP contribution in [0.4, 0.5) is 0 Å². The molecule has 1 aromatic heterocycles. The van der Waals surface area contributed by atoms with Crippen LogP contribution in [-0.4, -0.2) is 31.4 Å². The van der Waals surface area contributed by atoms with Crippen molar-refractivity contribution in [3.05, 3.63) is 87.8 Å². The lowest BCUT2D eigenvalue weighted by Crippen LogP contribution is -2.30. The normalized spacial score (nSPS) is 12.0. The first-order chi connectivity index (χ1) is 14.4. The molecular weight excluding hydrogens is 423 g/mol. The molecule has 0 aliphatic heterocycles. The van der Waals surface area contributed by atoms with Gasteiger partial charge in [0.1, 0.15) is 18.1 Å².